The third kappa shape index (κ3) is 2.14. The zero-order chi connectivity index (χ0) is 15.0. The first-order valence-electron chi connectivity index (χ1n) is 6.98. The highest BCUT2D eigenvalue weighted by Gasteiger charge is 2.50. The first kappa shape index (κ1) is 14.2. The van der Waals surface area contributed by atoms with E-state index in [9.17, 15) is 4.79 Å². The van der Waals surface area contributed by atoms with Crippen LogP contribution >= 0.6 is 0 Å². The zero-order valence-electron chi connectivity index (χ0n) is 12.4. The van der Waals surface area contributed by atoms with Gasteiger partial charge in [-0.15, -0.1) is 0 Å². The van der Waals surface area contributed by atoms with Crippen molar-refractivity contribution in [1.82, 2.24) is 9.97 Å². The topological polar surface area (TPSA) is 88.6 Å². The van der Waals surface area contributed by atoms with Crippen molar-refractivity contribution in [3.63, 3.8) is 0 Å². The van der Waals surface area contributed by atoms with E-state index in [0.717, 1.165) is 0 Å². The van der Waals surface area contributed by atoms with E-state index in [1.54, 1.807) is 0 Å². The third-order valence-corrected chi connectivity index (χ3v) is 4.00. The van der Waals surface area contributed by atoms with Gasteiger partial charge in [-0.25, -0.2) is 4.98 Å². The van der Waals surface area contributed by atoms with Crippen LogP contribution in [0, 0.1) is 6.92 Å². The molecule has 2 aliphatic heterocycles. The fourth-order valence-electron chi connectivity index (χ4n) is 2.71. The molecule has 1 unspecified atom stereocenters. The second kappa shape index (κ2) is 5.19. The molecule has 3 heterocycles. The molecule has 1 saturated heterocycles. The van der Waals surface area contributed by atoms with Crippen LogP contribution in [-0.4, -0.2) is 56.8 Å². The van der Waals surface area contributed by atoms with Gasteiger partial charge in [-0.2, -0.15) is 4.98 Å². The monoisotopic (exact) mass is 289 g/mol. The second-order valence-corrected chi connectivity index (χ2v) is 5.21. The van der Waals surface area contributed by atoms with Gasteiger partial charge in [0, 0.05) is 20.1 Å². The maximum Gasteiger partial charge on any atom is 0.268 e. The summed E-state index contributed by atoms with van der Waals surface area (Å²) in [4.78, 5) is 23.1. The summed E-state index contributed by atoms with van der Waals surface area (Å²) in [5.41, 5.74) is 3.35. The summed E-state index contributed by atoms with van der Waals surface area (Å²) >= 11 is 0. The van der Waals surface area contributed by atoms with Crippen LogP contribution in [-0.2, 0) is 14.3 Å². The molecule has 0 bridgehead atoms. The number of nitrogens with one attached hydrogen (secondary N) is 2. The van der Waals surface area contributed by atoms with Gasteiger partial charge < -0.3 is 19.7 Å². The van der Waals surface area contributed by atoms with E-state index in [1.807, 2.05) is 26.6 Å². The van der Waals surface area contributed by atoms with Crippen molar-refractivity contribution >= 4 is 38.5 Å². The summed E-state index contributed by atoms with van der Waals surface area (Å²) < 4.78 is 10.6. The second-order valence-electron chi connectivity index (χ2n) is 5.21. The van der Waals surface area contributed by atoms with Crippen LogP contribution in [0.3, 0.4) is 0 Å². The SMILES string of the molecule is BBONc1nc(C)c2c(n1)N(C)C1(CCOC1)C(=O)N2. The van der Waals surface area contributed by atoms with Crippen LogP contribution in [0.4, 0.5) is 17.5 Å². The number of carbonyl (C=O) groups is 1. The summed E-state index contributed by atoms with van der Waals surface area (Å²) in [6.07, 6.45) is 0.645. The molecule has 1 aromatic rings. The Balaban J connectivity index is 2.02. The van der Waals surface area contributed by atoms with Gasteiger partial charge in [0.2, 0.25) is 5.95 Å². The number of carbonyl (C=O) groups excluding carboxylic acids is 1. The average molecular weight is 289 g/mol. The fraction of sp³-hybridized carbons (Fsp3) is 0.545. The molecule has 3 rings (SSSR count). The van der Waals surface area contributed by atoms with Gasteiger partial charge in [0.25, 0.3) is 13.3 Å². The molecule has 0 saturated carbocycles. The average Bonchev–Trinajstić information content (AvgIpc) is 2.95. The largest absolute Gasteiger partial charge is 0.378 e. The van der Waals surface area contributed by atoms with E-state index in [2.05, 4.69) is 20.8 Å². The van der Waals surface area contributed by atoms with Crippen molar-refractivity contribution in [2.24, 2.45) is 0 Å². The number of ether oxygens (including phenoxy) is 1. The number of amides is 1. The molecule has 2 aliphatic rings. The van der Waals surface area contributed by atoms with Crippen LogP contribution in [0.1, 0.15) is 12.1 Å². The van der Waals surface area contributed by atoms with Crippen LogP contribution in [0.25, 0.3) is 0 Å². The van der Waals surface area contributed by atoms with Gasteiger partial charge in [0.15, 0.2) is 5.82 Å². The van der Waals surface area contributed by atoms with E-state index < -0.39 is 5.54 Å². The van der Waals surface area contributed by atoms with Crippen molar-refractivity contribution in [3.8, 4) is 0 Å². The van der Waals surface area contributed by atoms with Crippen molar-refractivity contribution in [3.05, 3.63) is 5.69 Å². The first-order valence-corrected chi connectivity index (χ1v) is 6.98. The molecule has 1 atom stereocenters. The van der Waals surface area contributed by atoms with Gasteiger partial charge in [-0.05, 0) is 6.92 Å². The standard InChI is InChI=1S/C11H17B2N5O3/c1-6-7-8(16-10(14-6)17-21-13-12)18(2)11(9(19)15-7)3-4-20-5-11/h13H,3-5,12H2,1-2H3,(H,15,19)(H,14,16,17). The van der Waals surface area contributed by atoms with Gasteiger partial charge in [0.05, 0.1) is 12.3 Å². The number of aromatic nitrogens is 2. The molecule has 8 nitrogen and oxygen atoms in total. The lowest BCUT2D eigenvalue weighted by molar-refractivity contribution is -0.121. The van der Waals surface area contributed by atoms with E-state index in [-0.39, 0.29) is 5.91 Å². The molecule has 2 N–H and O–H groups in total. The van der Waals surface area contributed by atoms with E-state index in [1.165, 1.54) is 0 Å². The zero-order valence-corrected chi connectivity index (χ0v) is 12.4. The Morgan fingerprint density at radius 1 is 1.57 bits per heavy atom. The summed E-state index contributed by atoms with van der Waals surface area (Å²) in [5.74, 6) is 0.993. The number of likely N-dealkylation sites (N-methyl/N-ethyl adjacent to an activating group) is 1. The highest BCUT2D eigenvalue weighted by atomic mass is 16.6. The molecular weight excluding hydrogens is 272 g/mol. The van der Waals surface area contributed by atoms with Gasteiger partial charge in [0.1, 0.15) is 19.0 Å². The van der Waals surface area contributed by atoms with Crippen molar-refractivity contribution in [1.29, 1.82) is 0 Å². The predicted octanol–water partition coefficient (Wildman–Crippen LogP) is -1.42. The van der Waals surface area contributed by atoms with Crippen LogP contribution < -0.4 is 15.7 Å². The minimum absolute atomic E-state index is 0.0628. The maximum atomic E-state index is 12.5. The van der Waals surface area contributed by atoms with Crippen LogP contribution in [0.2, 0.25) is 0 Å². The number of aryl methyl sites for hydroxylation is 1. The Hall–Kier alpha value is -1.80. The normalized spacial score (nSPS) is 23.9. The summed E-state index contributed by atoms with van der Waals surface area (Å²) in [6, 6.07) is 0. The predicted molar refractivity (Wildman–Crippen MR) is 82.4 cm³/mol. The Morgan fingerprint density at radius 2 is 2.38 bits per heavy atom. The molecule has 10 heteroatoms. The quantitative estimate of drug-likeness (QED) is 0.521. The van der Waals surface area contributed by atoms with E-state index >= 15 is 0 Å². The lowest BCUT2D eigenvalue weighted by atomic mass is 9.73. The van der Waals surface area contributed by atoms with Gasteiger partial charge in [-0.1, -0.05) is 0 Å². The Morgan fingerprint density at radius 3 is 3.05 bits per heavy atom. The van der Waals surface area contributed by atoms with Crippen LogP contribution in [0.15, 0.2) is 0 Å². The highest BCUT2D eigenvalue weighted by molar-refractivity contribution is 6.85. The maximum absolute atomic E-state index is 12.5. The van der Waals surface area contributed by atoms with E-state index in [4.69, 9.17) is 9.49 Å². The molecule has 1 aromatic heterocycles. The minimum Gasteiger partial charge on any atom is -0.378 e. The summed E-state index contributed by atoms with van der Waals surface area (Å²) in [6.45, 7) is 2.77. The van der Waals surface area contributed by atoms with Gasteiger partial charge in [-0.3, -0.25) is 10.3 Å². The number of fused-ring (bicyclic) bond motifs is 1. The molecular formula is C11H17B2N5O3. The highest BCUT2D eigenvalue weighted by Crippen LogP contribution is 2.40. The molecule has 1 spiro atoms. The van der Waals surface area contributed by atoms with Crippen LogP contribution in [0.5, 0.6) is 0 Å². The summed E-state index contributed by atoms with van der Waals surface area (Å²) in [5, 5.41) is 2.92. The number of nitrogens with zero attached hydrogens (tertiary/aromatic N) is 3. The Labute approximate surface area is 124 Å². The molecule has 0 aromatic carbocycles. The van der Waals surface area contributed by atoms with Crippen molar-refractivity contribution in [2.45, 2.75) is 18.9 Å². The van der Waals surface area contributed by atoms with Crippen molar-refractivity contribution in [2.75, 3.05) is 36.0 Å². The lowest BCUT2D eigenvalue weighted by Gasteiger charge is -2.41. The Bertz CT molecular complexity index is 579. The molecule has 0 aliphatic carbocycles. The number of rotatable bonds is 3. The Kier molecular flexibility index (Phi) is 3.50. The molecule has 1 amide bonds. The minimum atomic E-state index is -0.684. The summed E-state index contributed by atoms with van der Waals surface area (Å²) in [7, 11) is 4.24. The van der Waals surface area contributed by atoms with Crippen molar-refractivity contribution < 1.29 is 14.3 Å². The molecule has 0 radical (unpaired) electrons. The fourth-order valence-corrected chi connectivity index (χ4v) is 2.71. The third-order valence-electron chi connectivity index (χ3n) is 4.00. The first-order chi connectivity index (χ1) is 10.1. The molecule has 110 valence electrons. The molecule has 1 fully saturated rings. The lowest BCUT2D eigenvalue weighted by Crippen LogP contribution is -2.59. The number of hydrogen-bond acceptors (Lipinski definition) is 7. The number of anilines is 3. The van der Waals surface area contributed by atoms with Gasteiger partial charge >= 0.3 is 0 Å². The van der Waals surface area contributed by atoms with E-state index in [0.29, 0.717) is 50.2 Å². The number of hydrogen-bond donors (Lipinski definition) is 2. The smallest absolute Gasteiger partial charge is 0.268 e. The molecule has 21 heavy (non-hydrogen) atoms.